The molecule has 2 aliphatic rings. The third-order valence-corrected chi connectivity index (χ3v) is 5.08. The Morgan fingerprint density at radius 3 is 2.58 bits per heavy atom. The number of hydrogen-bond donors (Lipinski definition) is 1. The van der Waals surface area contributed by atoms with Gasteiger partial charge in [-0.05, 0) is 50.2 Å². The molecule has 0 spiro atoms. The van der Waals surface area contributed by atoms with Crippen LogP contribution in [0.3, 0.4) is 0 Å². The van der Waals surface area contributed by atoms with Gasteiger partial charge in [0.05, 0.1) is 39.7 Å². The first kappa shape index (κ1) is 20.7. The molecule has 0 unspecified atom stereocenters. The van der Waals surface area contributed by atoms with E-state index in [4.69, 9.17) is 9.98 Å². The fourth-order valence-electron chi connectivity index (χ4n) is 3.73. The van der Waals surface area contributed by atoms with Crippen molar-refractivity contribution < 1.29 is 8.78 Å². The maximum Gasteiger partial charge on any atom is 0.160 e. The van der Waals surface area contributed by atoms with Crippen LogP contribution >= 0.6 is 0 Å². The van der Waals surface area contributed by atoms with Crippen molar-refractivity contribution in [2.24, 2.45) is 4.99 Å². The van der Waals surface area contributed by atoms with Gasteiger partial charge in [-0.1, -0.05) is 12.1 Å². The first-order chi connectivity index (χ1) is 16.0. The minimum Gasteiger partial charge on any atom is -0.337 e. The second-order valence-corrected chi connectivity index (χ2v) is 7.83. The van der Waals surface area contributed by atoms with Crippen molar-refractivity contribution in [2.45, 2.75) is 19.9 Å². The van der Waals surface area contributed by atoms with Crippen LogP contribution in [0.25, 0.3) is 28.1 Å². The number of rotatable bonds is 4. The smallest absolute Gasteiger partial charge is 0.160 e. The van der Waals surface area contributed by atoms with E-state index in [1.807, 2.05) is 54.8 Å². The Bertz CT molecular complexity index is 1490. The average molecular weight is 442 g/mol. The van der Waals surface area contributed by atoms with E-state index in [0.717, 1.165) is 17.3 Å². The number of fused-ring (bicyclic) bond motifs is 2. The molecule has 2 heterocycles. The van der Waals surface area contributed by atoms with Crippen molar-refractivity contribution in [3.05, 3.63) is 90.2 Å². The first-order valence-electron chi connectivity index (χ1n) is 10.5. The van der Waals surface area contributed by atoms with Gasteiger partial charge in [0, 0.05) is 30.2 Å². The molecule has 0 saturated carbocycles. The van der Waals surface area contributed by atoms with Gasteiger partial charge < -0.3 is 9.88 Å². The van der Waals surface area contributed by atoms with Gasteiger partial charge in [-0.15, -0.1) is 0 Å². The van der Waals surface area contributed by atoms with Crippen molar-refractivity contribution in [1.29, 1.82) is 0 Å². The van der Waals surface area contributed by atoms with E-state index in [-0.39, 0.29) is 6.04 Å². The second kappa shape index (κ2) is 8.38. The predicted octanol–water partition coefficient (Wildman–Crippen LogP) is 5.25. The minimum atomic E-state index is -0.915. The van der Waals surface area contributed by atoms with Crippen LogP contribution in [0.5, 0.6) is 0 Å². The monoisotopic (exact) mass is 442 g/mol. The average Bonchev–Trinajstić information content (AvgIpc) is 2.80. The fraction of sp³-hybridized carbons (Fsp3) is 0.120. The summed E-state index contributed by atoms with van der Waals surface area (Å²) in [4.78, 5) is 18.0. The number of benzene rings is 3. The summed E-state index contributed by atoms with van der Waals surface area (Å²) in [6.45, 7) is 3.97. The lowest BCUT2D eigenvalue weighted by molar-refractivity contribution is 0.508. The fourth-order valence-corrected chi connectivity index (χ4v) is 3.73. The summed E-state index contributed by atoms with van der Waals surface area (Å²) in [5.74, 6) is -1.23. The van der Waals surface area contributed by atoms with Gasteiger partial charge in [0.1, 0.15) is 5.82 Å². The van der Waals surface area contributed by atoms with E-state index < -0.39 is 11.6 Å². The summed E-state index contributed by atoms with van der Waals surface area (Å²) in [6.07, 6.45) is 4.83. The molecular formula is C25H20F2N6. The van der Waals surface area contributed by atoms with E-state index in [1.165, 1.54) is 6.07 Å². The van der Waals surface area contributed by atoms with Crippen LogP contribution in [0, 0.1) is 11.6 Å². The Labute approximate surface area is 188 Å². The van der Waals surface area contributed by atoms with Crippen molar-refractivity contribution in [3.63, 3.8) is 0 Å². The minimum absolute atomic E-state index is 0.0231. The summed E-state index contributed by atoms with van der Waals surface area (Å²) in [6, 6.07) is 15.2. The van der Waals surface area contributed by atoms with Gasteiger partial charge in [0.25, 0.3) is 0 Å². The zero-order valence-electron chi connectivity index (χ0n) is 18.0. The van der Waals surface area contributed by atoms with Crippen molar-refractivity contribution in [1.82, 2.24) is 19.5 Å². The van der Waals surface area contributed by atoms with Gasteiger partial charge in [-0.2, -0.15) is 0 Å². The highest BCUT2D eigenvalue weighted by Gasteiger charge is 2.18. The van der Waals surface area contributed by atoms with Crippen LogP contribution in [0.15, 0.2) is 78.2 Å². The highest BCUT2D eigenvalue weighted by molar-refractivity contribution is 5.84. The molecule has 6 nitrogen and oxygen atoms in total. The number of hydrogen-bond acceptors (Lipinski definition) is 5. The molecule has 0 amide bonds. The number of aromatic nitrogens is 4. The molecular weight excluding hydrogens is 422 g/mol. The number of nitrogens with one attached hydrogen (secondary N) is 1. The Morgan fingerprint density at radius 2 is 1.82 bits per heavy atom. The molecule has 1 aliphatic carbocycles. The normalized spacial score (nSPS) is 12.1. The molecule has 8 heteroatoms. The highest BCUT2D eigenvalue weighted by Crippen LogP contribution is 2.30. The Balaban J connectivity index is 1.84. The van der Waals surface area contributed by atoms with Crippen LogP contribution in [-0.2, 0) is 0 Å². The van der Waals surface area contributed by atoms with Gasteiger partial charge >= 0.3 is 0 Å². The Kier molecular flexibility index (Phi) is 5.26. The molecule has 0 bridgehead atoms. The molecule has 164 valence electrons. The zero-order valence-corrected chi connectivity index (χ0v) is 18.0. The van der Waals surface area contributed by atoms with Crippen LogP contribution < -0.4 is 10.7 Å². The maximum absolute atomic E-state index is 14.2. The molecule has 0 atom stereocenters. The molecule has 5 rings (SSSR count). The van der Waals surface area contributed by atoms with E-state index >= 15 is 0 Å². The Morgan fingerprint density at radius 1 is 0.970 bits per heavy atom. The van der Waals surface area contributed by atoms with E-state index in [1.54, 1.807) is 24.7 Å². The van der Waals surface area contributed by atoms with Gasteiger partial charge in [-0.3, -0.25) is 9.98 Å². The second-order valence-electron chi connectivity index (χ2n) is 7.83. The summed E-state index contributed by atoms with van der Waals surface area (Å²) in [5.41, 5.74) is 4.06. The van der Waals surface area contributed by atoms with Gasteiger partial charge in [0.2, 0.25) is 0 Å². The quantitative estimate of drug-likeness (QED) is 0.386. The van der Waals surface area contributed by atoms with E-state index in [0.29, 0.717) is 33.8 Å². The molecule has 3 aromatic rings. The topological polar surface area (TPSA) is 68.0 Å². The summed E-state index contributed by atoms with van der Waals surface area (Å²) in [7, 11) is 0. The Hall–Kier alpha value is -4.20. The van der Waals surface area contributed by atoms with Crippen LogP contribution in [0.1, 0.15) is 13.8 Å². The largest absolute Gasteiger partial charge is 0.337 e. The standard InChI is InChI=1S/C25H20F2N6/c1-15(2)30-21-13-24-22(12-20(21)32-25-14-28-9-10-29-25)31-19-5-3-4-6-23(19)33(24)16-7-8-17(26)18(27)11-16/h3-15H,1-2H3,(H,29,32)/b30-21+. The molecule has 1 aromatic heterocycles. The molecule has 0 fully saturated rings. The summed E-state index contributed by atoms with van der Waals surface area (Å²) >= 11 is 0. The van der Waals surface area contributed by atoms with Crippen LogP contribution in [0.2, 0.25) is 0 Å². The highest BCUT2D eigenvalue weighted by atomic mass is 19.2. The lowest BCUT2D eigenvalue weighted by atomic mass is 10.1. The van der Waals surface area contributed by atoms with E-state index in [9.17, 15) is 8.78 Å². The predicted molar refractivity (Wildman–Crippen MR) is 124 cm³/mol. The molecule has 0 radical (unpaired) electrons. The lowest BCUT2D eigenvalue weighted by Crippen LogP contribution is -2.17. The summed E-state index contributed by atoms with van der Waals surface area (Å²) < 4.78 is 29.7. The van der Waals surface area contributed by atoms with Crippen molar-refractivity contribution in [2.75, 3.05) is 5.32 Å². The van der Waals surface area contributed by atoms with Crippen LogP contribution in [-0.4, -0.2) is 25.6 Å². The lowest BCUT2D eigenvalue weighted by Gasteiger charge is -2.20. The summed E-state index contributed by atoms with van der Waals surface area (Å²) in [5, 5.41) is 3.96. The SMILES string of the molecule is CC(C)/N=c1\cc2n(-c3ccc(F)c(F)c3)c3ccccc3nc-2cc1Nc1cnccn1. The molecule has 1 aliphatic heterocycles. The molecule has 0 saturated heterocycles. The van der Waals surface area contributed by atoms with Crippen molar-refractivity contribution in [3.8, 4) is 17.1 Å². The molecule has 1 N–H and O–H groups in total. The molecule has 33 heavy (non-hydrogen) atoms. The van der Waals surface area contributed by atoms with Gasteiger partial charge in [-0.25, -0.2) is 18.7 Å². The van der Waals surface area contributed by atoms with Crippen LogP contribution in [0.4, 0.5) is 20.3 Å². The van der Waals surface area contributed by atoms with Gasteiger partial charge in [0.15, 0.2) is 11.6 Å². The maximum atomic E-state index is 14.2. The number of nitrogens with zero attached hydrogens (tertiary/aromatic N) is 5. The third-order valence-electron chi connectivity index (χ3n) is 5.08. The zero-order chi connectivity index (χ0) is 22.9. The number of halogens is 2. The number of para-hydroxylation sites is 2. The third kappa shape index (κ3) is 4.03. The van der Waals surface area contributed by atoms with E-state index in [2.05, 4.69) is 15.3 Å². The molecule has 2 aromatic carbocycles. The number of anilines is 2. The first-order valence-corrected chi connectivity index (χ1v) is 10.5. The van der Waals surface area contributed by atoms with Crippen molar-refractivity contribution >= 4 is 22.5 Å².